The van der Waals surface area contributed by atoms with Crippen LogP contribution >= 0.6 is 0 Å². The topological polar surface area (TPSA) is 69.9 Å². The first-order valence-electron chi connectivity index (χ1n) is 3.43. The second kappa shape index (κ2) is 3.10. The number of hydrogen-bond donors (Lipinski definition) is 3. The van der Waals surface area contributed by atoms with E-state index in [1.807, 2.05) is 0 Å². The van der Waals surface area contributed by atoms with E-state index in [9.17, 15) is 5.11 Å². The molecular weight excluding hydrogens is 147 g/mol. The zero-order chi connectivity index (χ0) is 9.28. The lowest BCUT2D eigenvalue weighted by Gasteiger charge is -2.37. The first-order valence-corrected chi connectivity index (χ1v) is 3.43. The molecule has 0 saturated heterocycles. The molecule has 0 fully saturated rings. The molecule has 0 amide bonds. The van der Waals surface area contributed by atoms with Crippen molar-refractivity contribution in [3.63, 3.8) is 0 Å². The van der Waals surface area contributed by atoms with Crippen LogP contribution in [0.5, 0.6) is 0 Å². The average molecular weight is 162 g/mol. The Kier molecular flexibility index (Phi) is 3.08. The molecule has 0 heterocycles. The molecule has 0 unspecified atom stereocenters. The molecule has 0 atom stereocenters. The molecule has 0 aromatic carbocycles. The Morgan fingerprint density at radius 3 is 1.55 bits per heavy atom. The molecule has 0 bridgehead atoms. The largest absolute Gasteiger partial charge is 0.634 e. The summed E-state index contributed by atoms with van der Waals surface area (Å²) in [6, 6.07) is 0. The summed E-state index contributed by atoms with van der Waals surface area (Å²) in [7, 11) is -1.85. The summed E-state index contributed by atoms with van der Waals surface area (Å²) < 4.78 is 4.66. The van der Waals surface area contributed by atoms with Crippen LogP contribution in [0.25, 0.3) is 0 Å². The summed E-state index contributed by atoms with van der Waals surface area (Å²) in [5.74, 6) is 0. The van der Waals surface area contributed by atoms with Crippen molar-refractivity contribution in [3.05, 3.63) is 0 Å². The summed E-state index contributed by atoms with van der Waals surface area (Å²) in [5, 5.41) is 26.4. The minimum absolute atomic E-state index is 0.985. The first kappa shape index (κ1) is 10.9. The molecule has 0 aliphatic heterocycles. The third kappa shape index (κ3) is 3.20. The van der Waals surface area contributed by atoms with E-state index in [4.69, 9.17) is 10.0 Å². The van der Waals surface area contributed by atoms with E-state index in [1.165, 1.54) is 13.8 Å². The normalized spacial score (nSPS) is 13.4. The zero-order valence-corrected chi connectivity index (χ0v) is 7.33. The van der Waals surface area contributed by atoms with Gasteiger partial charge < -0.3 is 19.8 Å². The Morgan fingerprint density at radius 2 is 1.45 bits per heavy atom. The van der Waals surface area contributed by atoms with Gasteiger partial charge in [0.05, 0.1) is 11.2 Å². The van der Waals surface area contributed by atoms with E-state index in [1.54, 1.807) is 13.8 Å². The summed E-state index contributed by atoms with van der Waals surface area (Å²) >= 11 is 0. The standard InChI is InChI=1S/C6H15BO4/c1-5(2,8)6(3,4)11-7(9)10/h8-10H,1-4H3. The highest BCUT2D eigenvalue weighted by Gasteiger charge is 2.38. The van der Waals surface area contributed by atoms with E-state index in [-0.39, 0.29) is 0 Å². The van der Waals surface area contributed by atoms with Crippen molar-refractivity contribution in [2.75, 3.05) is 0 Å². The van der Waals surface area contributed by atoms with Crippen LogP contribution in [0.15, 0.2) is 0 Å². The van der Waals surface area contributed by atoms with Crippen LogP contribution in [0.3, 0.4) is 0 Å². The molecule has 0 aromatic heterocycles. The zero-order valence-electron chi connectivity index (χ0n) is 7.33. The first-order chi connectivity index (χ1) is 4.67. The predicted octanol–water partition coefficient (Wildman–Crippen LogP) is -0.478. The molecule has 0 rings (SSSR count). The minimum Gasteiger partial charge on any atom is -0.402 e. The lowest BCUT2D eigenvalue weighted by Crippen LogP contribution is -2.50. The van der Waals surface area contributed by atoms with Crippen molar-refractivity contribution in [1.82, 2.24) is 0 Å². The highest BCUT2D eigenvalue weighted by atomic mass is 16.6. The maximum atomic E-state index is 9.45. The van der Waals surface area contributed by atoms with E-state index in [2.05, 4.69) is 4.65 Å². The van der Waals surface area contributed by atoms with Crippen molar-refractivity contribution in [2.45, 2.75) is 38.9 Å². The fraction of sp³-hybridized carbons (Fsp3) is 1.00. The van der Waals surface area contributed by atoms with Crippen molar-refractivity contribution in [3.8, 4) is 0 Å². The van der Waals surface area contributed by atoms with E-state index < -0.39 is 18.5 Å². The van der Waals surface area contributed by atoms with E-state index >= 15 is 0 Å². The van der Waals surface area contributed by atoms with Crippen LogP contribution in [-0.4, -0.2) is 33.7 Å². The van der Waals surface area contributed by atoms with Crippen molar-refractivity contribution in [2.24, 2.45) is 0 Å². The molecular formula is C6H15BO4. The third-order valence-electron chi connectivity index (χ3n) is 1.87. The van der Waals surface area contributed by atoms with Crippen LogP contribution in [0, 0.1) is 0 Å². The molecule has 66 valence electrons. The van der Waals surface area contributed by atoms with E-state index in [0.29, 0.717) is 0 Å². The van der Waals surface area contributed by atoms with Gasteiger partial charge in [0.2, 0.25) is 0 Å². The van der Waals surface area contributed by atoms with E-state index in [0.717, 1.165) is 0 Å². The van der Waals surface area contributed by atoms with Gasteiger partial charge in [-0.3, -0.25) is 0 Å². The maximum absolute atomic E-state index is 9.45. The molecule has 0 radical (unpaired) electrons. The Balaban J connectivity index is 4.22. The van der Waals surface area contributed by atoms with Gasteiger partial charge in [0.25, 0.3) is 0 Å². The average Bonchev–Trinajstić information content (AvgIpc) is 1.56. The fourth-order valence-corrected chi connectivity index (χ4v) is 0.408. The highest BCUT2D eigenvalue weighted by molar-refractivity contribution is 6.32. The Bertz CT molecular complexity index is 127. The van der Waals surface area contributed by atoms with Crippen molar-refractivity contribution < 1.29 is 19.8 Å². The van der Waals surface area contributed by atoms with Gasteiger partial charge in [-0.25, -0.2) is 0 Å². The molecule has 0 saturated carbocycles. The van der Waals surface area contributed by atoms with Gasteiger partial charge in [0.1, 0.15) is 0 Å². The van der Waals surface area contributed by atoms with Gasteiger partial charge in [-0.05, 0) is 27.7 Å². The van der Waals surface area contributed by atoms with Crippen LogP contribution in [0.2, 0.25) is 0 Å². The van der Waals surface area contributed by atoms with Crippen LogP contribution in [0.4, 0.5) is 0 Å². The lowest BCUT2D eigenvalue weighted by atomic mass is 9.88. The fourth-order valence-electron chi connectivity index (χ4n) is 0.408. The Morgan fingerprint density at radius 1 is 1.09 bits per heavy atom. The summed E-state index contributed by atoms with van der Waals surface area (Å²) in [4.78, 5) is 0. The molecule has 0 aromatic rings. The van der Waals surface area contributed by atoms with Gasteiger partial charge in [0, 0.05) is 0 Å². The highest BCUT2D eigenvalue weighted by Crippen LogP contribution is 2.24. The van der Waals surface area contributed by atoms with Gasteiger partial charge in [-0.15, -0.1) is 0 Å². The Labute approximate surface area is 67.0 Å². The number of rotatable bonds is 3. The predicted molar refractivity (Wildman–Crippen MR) is 41.7 cm³/mol. The number of aliphatic hydroxyl groups is 1. The molecule has 0 spiro atoms. The second-order valence-corrected chi connectivity index (χ2v) is 3.51. The van der Waals surface area contributed by atoms with Gasteiger partial charge in [-0.1, -0.05) is 0 Å². The van der Waals surface area contributed by atoms with Crippen LogP contribution in [0.1, 0.15) is 27.7 Å². The molecule has 11 heavy (non-hydrogen) atoms. The molecule has 0 aliphatic rings. The number of hydrogen-bond acceptors (Lipinski definition) is 4. The quantitative estimate of drug-likeness (QED) is 0.490. The van der Waals surface area contributed by atoms with Gasteiger partial charge in [0.15, 0.2) is 0 Å². The lowest BCUT2D eigenvalue weighted by molar-refractivity contribution is -0.109. The van der Waals surface area contributed by atoms with Crippen molar-refractivity contribution in [1.29, 1.82) is 0 Å². The van der Waals surface area contributed by atoms with Crippen molar-refractivity contribution >= 4 is 7.32 Å². The van der Waals surface area contributed by atoms with Gasteiger partial charge >= 0.3 is 7.32 Å². The van der Waals surface area contributed by atoms with Crippen LogP contribution in [-0.2, 0) is 4.65 Å². The smallest absolute Gasteiger partial charge is 0.402 e. The third-order valence-corrected chi connectivity index (χ3v) is 1.87. The second-order valence-electron chi connectivity index (χ2n) is 3.51. The van der Waals surface area contributed by atoms with Crippen LogP contribution < -0.4 is 0 Å². The summed E-state index contributed by atoms with van der Waals surface area (Å²) in [6.07, 6.45) is 0. The maximum Gasteiger partial charge on any atom is 0.634 e. The SMILES string of the molecule is CC(C)(O)C(C)(C)OB(O)O. The monoisotopic (exact) mass is 162 g/mol. The minimum atomic E-state index is -1.85. The molecule has 0 aliphatic carbocycles. The summed E-state index contributed by atoms with van der Waals surface area (Å²) in [5.41, 5.74) is -2.10. The molecule has 5 heteroatoms. The molecule has 4 nitrogen and oxygen atoms in total. The Hall–Kier alpha value is -0.0951. The summed E-state index contributed by atoms with van der Waals surface area (Å²) in [6.45, 7) is 6.23. The molecule has 3 N–H and O–H groups in total. The van der Waals surface area contributed by atoms with Gasteiger partial charge in [-0.2, -0.15) is 0 Å².